The molecular weight excluding hydrogens is 531 g/mol. The molecule has 0 unspecified atom stereocenters. The molecule has 2 aliphatic heterocycles. The fourth-order valence-electron chi connectivity index (χ4n) is 5.62. The Morgan fingerprint density at radius 1 is 1.26 bits per heavy atom. The summed E-state index contributed by atoms with van der Waals surface area (Å²) in [5.74, 6) is 6.36. The van der Waals surface area contributed by atoms with Gasteiger partial charge in [0.2, 0.25) is 0 Å². The number of nitrogens with one attached hydrogen (secondary N) is 2. The molecule has 2 aliphatic rings. The van der Waals surface area contributed by atoms with Gasteiger partial charge in [-0.3, -0.25) is 0 Å². The number of ether oxygens (including phenoxy) is 1. The number of halogens is 3. The number of rotatable bonds is 6. The third-order valence-electron chi connectivity index (χ3n) is 7.21. The second-order valence-corrected chi connectivity index (χ2v) is 12.2. The number of fused-ring (bicyclic) bond motifs is 3. The lowest BCUT2D eigenvalue weighted by molar-refractivity contribution is -0.128. The lowest BCUT2D eigenvalue weighted by atomic mass is 9.91. The van der Waals surface area contributed by atoms with Crippen molar-refractivity contribution in [1.29, 1.82) is 0 Å². The van der Waals surface area contributed by atoms with E-state index in [2.05, 4.69) is 39.4 Å². The van der Waals surface area contributed by atoms with Gasteiger partial charge in [0, 0.05) is 49.3 Å². The molecule has 8 nitrogen and oxygen atoms in total. The number of benzene rings is 1. The highest BCUT2D eigenvalue weighted by Gasteiger charge is 2.40. The number of hydrogen-bond donors (Lipinski definition) is 2. The first-order chi connectivity index (χ1) is 18.4. The zero-order valence-corrected chi connectivity index (χ0v) is 22.7. The van der Waals surface area contributed by atoms with Gasteiger partial charge in [0.1, 0.15) is 17.1 Å². The number of anilines is 1. The van der Waals surface area contributed by atoms with Crippen molar-refractivity contribution in [3.8, 4) is 17.6 Å². The van der Waals surface area contributed by atoms with E-state index in [1.54, 1.807) is 18.3 Å². The van der Waals surface area contributed by atoms with Crippen LogP contribution >= 0.6 is 0 Å². The molecule has 5 rings (SSSR count). The van der Waals surface area contributed by atoms with E-state index in [4.69, 9.17) is 4.74 Å². The molecule has 2 saturated heterocycles. The lowest BCUT2D eigenvalue weighted by Gasteiger charge is -2.28. The smallest absolute Gasteiger partial charge is 0.394 e. The van der Waals surface area contributed by atoms with Gasteiger partial charge in [-0.1, -0.05) is 12.0 Å². The average Bonchev–Trinajstić information content (AvgIpc) is 3.35. The Labute approximate surface area is 225 Å². The normalized spacial score (nSPS) is 21.5. The predicted octanol–water partition coefficient (Wildman–Crippen LogP) is 3.28. The van der Waals surface area contributed by atoms with E-state index in [-0.39, 0.29) is 28.9 Å². The van der Waals surface area contributed by atoms with Crippen LogP contribution in [0.3, 0.4) is 0 Å². The van der Waals surface area contributed by atoms with Crippen molar-refractivity contribution in [3.05, 3.63) is 53.5 Å². The van der Waals surface area contributed by atoms with E-state index in [1.807, 2.05) is 6.07 Å². The summed E-state index contributed by atoms with van der Waals surface area (Å²) >= 11 is 0. The summed E-state index contributed by atoms with van der Waals surface area (Å²) in [5, 5.41) is 6.69. The summed E-state index contributed by atoms with van der Waals surface area (Å²) in [5.41, 5.74) is 1.96. The van der Waals surface area contributed by atoms with Gasteiger partial charge in [0.05, 0.1) is 36.4 Å². The molecule has 2 fully saturated rings. The van der Waals surface area contributed by atoms with Crippen molar-refractivity contribution < 1.29 is 26.3 Å². The monoisotopic (exact) mass is 561 g/mol. The summed E-state index contributed by atoms with van der Waals surface area (Å²) < 4.78 is 71.2. The largest absolute Gasteiger partial charge is 0.495 e. The van der Waals surface area contributed by atoms with Crippen LogP contribution in [-0.2, 0) is 16.3 Å². The molecule has 2 aromatic heterocycles. The predicted molar refractivity (Wildman–Crippen MR) is 142 cm³/mol. The number of aromatic nitrogens is 2. The number of methoxy groups -OCH3 is 1. The van der Waals surface area contributed by atoms with Crippen molar-refractivity contribution >= 4 is 21.2 Å². The number of alkyl halides is 3. The molecule has 208 valence electrons. The molecule has 3 aromatic rings. The van der Waals surface area contributed by atoms with E-state index < -0.39 is 22.4 Å². The molecule has 2 N–H and O–H groups in total. The van der Waals surface area contributed by atoms with Gasteiger partial charge in [0.15, 0.2) is 9.84 Å². The van der Waals surface area contributed by atoms with Gasteiger partial charge >= 0.3 is 6.18 Å². The van der Waals surface area contributed by atoms with Gasteiger partial charge in [-0.05, 0) is 43.5 Å². The SMILES string of the molecule is COc1cc(S(C)(=O)=O)ccc1NCC#Cc1nc2c([C@H]3N[C@@H]4C[C@H]3CN(C)C4)cccn2c1CC(F)(F)F. The summed E-state index contributed by atoms with van der Waals surface area (Å²) in [6.07, 6.45) is -1.84. The Balaban J connectivity index is 1.44. The van der Waals surface area contributed by atoms with Gasteiger partial charge < -0.3 is 24.7 Å². The molecule has 0 radical (unpaired) electrons. The fraction of sp³-hybridized carbons (Fsp3) is 0.444. The Morgan fingerprint density at radius 3 is 2.77 bits per heavy atom. The molecule has 0 aliphatic carbocycles. The van der Waals surface area contributed by atoms with Crippen LogP contribution in [0.4, 0.5) is 18.9 Å². The maximum Gasteiger partial charge on any atom is 0.394 e. The average molecular weight is 562 g/mol. The zero-order chi connectivity index (χ0) is 27.9. The highest BCUT2D eigenvalue weighted by molar-refractivity contribution is 7.90. The van der Waals surface area contributed by atoms with Gasteiger partial charge in [-0.15, -0.1) is 0 Å². The van der Waals surface area contributed by atoms with Gasteiger partial charge in [-0.25, -0.2) is 13.4 Å². The van der Waals surface area contributed by atoms with Crippen LogP contribution in [0.15, 0.2) is 41.4 Å². The molecule has 0 spiro atoms. The number of piperidine rings is 1. The van der Waals surface area contributed by atoms with Crippen LogP contribution in [0.5, 0.6) is 5.75 Å². The van der Waals surface area contributed by atoms with E-state index >= 15 is 0 Å². The quantitative estimate of drug-likeness (QED) is 0.447. The van der Waals surface area contributed by atoms with E-state index in [0.29, 0.717) is 29.0 Å². The summed E-state index contributed by atoms with van der Waals surface area (Å²) in [6, 6.07) is 8.46. The van der Waals surface area contributed by atoms with Crippen LogP contribution in [0, 0.1) is 17.8 Å². The van der Waals surface area contributed by atoms with Crippen LogP contribution in [0.1, 0.15) is 29.4 Å². The third kappa shape index (κ3) is 5.85. The zero-order valence-electron chi connectivity index (χ0n) is 21.8. The van der Waals surface area contributed by atoms with Crippen molar-refractivity contribution in [1.82, 2.24) is 19.6 Å². The fourth-order valence-corrected chi connectivity index (χ4v) is 6.25. The molecular formula is C27H30F3N5O3S. The second kappa shape index (κ2) is 10.4. The number of hydrogen-bond acceptors (Lipinski definition) is 7. The van der Waals surface area contributed by atoms with Gasteiger partial charge in [-0.2, -0.15) is 13.2 Å². The number of nitrogens with zero attached hydrogens (tertiary/aromatic N) is 3. The minimum Gasteiger partial charge on any atom is -0.495 e. The Kier molecular flexibility index (Phi) is 7.26. The minimum atomic E-state index is -4.43. The maximum absolute atomic E-state index is 13.6. The molecule has 3 atom stereocenters. The maximum atomic E-state index is 13.6. The number of pyridine rings is 1. The molecule has 1 aromatic carbocycles. The second-order valence-electron chi connectivity index (χ2n) is 10.2. The first-order valence-corrected chi connectivity index (χ1v) is 14.4. The van der Waals surface area contributed by atoms with Crippen molar-refractivity contribution in [2.24, 2.45) is 5.92 Å². The molecule has 39 heavy (non-hydrogen) atoms. The Bertz CT molecular complexity index is 1560. The summed E-state index contributed by atoms with van der Waals surface area (Å²) in [4.78, 5) is 7.00. The van der Waals surface area contributed by atoms with E-state index in [9.17, 15) is 21.6 Å². The first-order valence-electron chi connectivity index (χ1n) is 12.5. The standard InChI is InChI=1S/C27H30F3N5O3S/c1-34-15-17-12-18(16-34)32-25(17)20-6-5-11-35-23(14-27(28,29)30)21(33-26(20)35)7-4-10-31-22-9-8-19(39(3,36)37)13-24(22)38-2/h5-6,8-9,11,13,17-18,25,31-32H,10,12,14-16H2,1-3H3/t17-,18+,25-/m0/s1. The molecule has 0 saturated carbocycles. The highest BCUT2D eigenvalue weighted by Crippen LogP contribution is 2.38. The molecule has 2 bridgehead atoms. The minimum absolute atomic E-state index is 0.0000211. The summed E-state index contributed by atoms with van der Waals surface area (Å²) in [6.45, 7) is 1.94. The Hall–Kier alpha value is -3.27. The highest BCUT2D eigenvalue weighted by atomic mass is 32.2. The number of likely N-dealkylation sites (tertiary alicyclic amines) is 1. The van der Waals surface area contributed by atoms with Crippen LogP contribution in [0.2, 0.25) is 0 Å². The number of imidazole rings is 1. The van der Waals surface area contributed by atoms with Crippen molar-refractivity contribution in [2.45, 2.75) is 36.0 Å². The molecule has 4 heterocycles. The lowest BCUT2D eigenvalue weighted by Crippen LogP contribution is -2.38. The van der Waals surface area contributed by atoms with Crippen LogP contribution < -0.4 is 15.4 Å². The molecule has 12 heteroatoms. The first kappa shape index (κ1) is 27.3. The summed E-state index contributed by atoms with van der Waals surface area (Å²) in [7, 11) is 0.0905. The molecule has 0 amide bonds. The number of sulfone groups is 1. The van der Waals surface area contributed by atoms with Crippen molar-refractivity contribution in [2.75, 3.05) is 45.4 Å². The van der Waals surface area contributed by atoms with E-state index in [0.717, 1.165) is 31.3 Å². The van der Waals surface area contributed by atoms with E-state index in [1.165, 1.54) is 23.6 Å². The number of likely N-dealkylation sites (N-methyl/N-ethyl adjacent to an activating group) is 1. The topological polar surface area (TPSA) is 88.0 Å². The Morgan fingerprint density at radius 2 is 2.05 bits per heavy atom. The van der Waals surface area contributed by atoms with Crippen LogP contribution in [0.25, 0.3) is 5.65 Å². The van der Waals surface area contributed by atoms with Crippen molar-refractivity contribution in [3.63, 3.8) is 0 Å². The van der Waals surface area contributed by atoms with Gasteiger partial charge in [0.25, 0.3) is 0 Å². The third-order valence-corrected chi connectivity index (χ3v) is 8.32. The van der Waals surface area contributed by atoms with Crippen LogP contribution in [-0.4, -0.2) is 75.0 Å².